The lowest BCUT2D eigenvalue weighted by Gasteiger charge is -2.12. The molecule has 0 saturated heterocycles. The number of primary amides is 1. The first-order chi connectivity index (χ1) is 12.3. The zero-order valence-corrected chi connectivity index (χ0v) is 15.5. The van der Waals surface area contributed by atoms with Crippen LogP contribution in [-0.4, -0.2) is 49.7 Å². The minimum absolute atomic E-state index is 0.0564. The first-order valence-corrected chi connectivity index (χ1v) is 8.70. The van der Waals surface area contributed by atoms with Crippen LogP contribution in [0.3, 0.4) is 0 Å². The highest BCUT2D eigenvalue weighted by Gasteiger charge is 2.52. The highest BCUT2D eigenvalue weighted by atomic mass is 32.1. The molecule has 9 nitrogen and oxygen atoms in total. The molecule has 1 aliphatic carbocycles. The number of thiophene rings is 1. The summed E-state index contributed by atoms with van der Waals surface area (Å²) < 4.78 is 15.0. The van der Waals surface area contributed by atoms with Gasteiger partial charge < -0.3 is 25.3 Å². The van der Waals surface area contributed by atoms with Gasteiger partial charge in [-0.15, -0.1) is 11.3 Å². The van der Waals surface area contributed by atoms with E-state index in [-0.39, 0.29) is 22.0 Å². The molecule has 1 aliphatic rings. The average Bonchev–Trinajstić information content (AvgIpc) is 3.32. The van der Waals surface area contributed by atoms with Gasteiger partial charge in [0.1, 0.15) is 5.00 Å². The maximum absolute atomic E-state index is 12.1. The minimum atomic E-state index is -0.949. The molecule has 1 heterocycles. The average molecular weight is 384 g/mol. The smallest absolute Gasteiger partial charge is 0.341 e. The molecule has 0 aromatic carbocycles. The summed E-state index contributed by atoms with van der Waals surface area (Å²) >= 11 is 0.861. The third-order valence-corrected chi connectivity index (χ3v) is 5.13. The molecule has 0 spiro atoms. The van der Waals surface area contributed by atoms with Crippen molar-refractivity contribution in [2.45, 2.75) is 32.3 Å². The van der Waals surface area contributed by atoms with Gasteiger partial charge in [-0.05, 0) is 32.3 Å². The number of hydrogen-bond donors (Lipinski definition) is 2. The number of ether oxygens (including phenoxy) is 3. The summed E-state index contributed by atoms with van der Waals surface area (Å²) in [6.45, 7) is 2.75. The van der Waals surface area contributed by atoms with E-state index in [4.69, 9.17) is 19.9 Å². The molecule has 1 saturated carbocycles. The van der Waals surface area contributed by atoms with Gasteiger partial charge in [-0.2, -0.15) is 0 Å². The van der Waals surface area contributed by atoms with Crippen molar-refractivity contribution in [2.24, 2.45) is 5.73 Å². The predicted octanol–water partition coefficient (Wildman–Crippen LogP) is 0.993. The van der Waals surface area contributed by atoms with Gasteiger partial charge in [0.15, 0.2) is 12.2 Å². The normalized spacial score (nSPS) is 14.4. The van der Waals surface area contributed by atoms with E-state index in [0.717, 1.165) is 11.3 Å². The highest BCUT2D eigenvalue weighted by Crippen LogP contribution is 2.40. The molecule has 0 unspecified atom stereocenters. The molecule has 0 aliphatic heterocycles. The second kappa shape index (κ2) is 7.83. The van der Waals surface area contributed by atoms with Gasteiger partial charge in [0, 0.05) is 7.11 Å². The predicted molar refractivity (Wildman–Crippen MR) is 92.1 cm³/mol. The second-order valence-corrected chi connectivity index (χ2v) is 6.69. The molecule has 2 amide bonds. The van der Waals surface area contributed by atoms with E-state index in [1.807, 2.05) is 0 Å². The lowest BCUT2D eigenvalue weighted by atomic mass is 10.1. The summed E-state index contributed by atoms with van der Waals surface area (Å²) in [5.74, 6) is -2.67. The third-order valence-electron chi connectivity index (χ3n) is 3.90. The molecule has 3 N–H and O–H groups in total. The zero-order chi connectivity index (χ0) is 19.5. The van der Waals surface area contributed by atoms with Gasteiger partial charge in [0.25, 0.3) is 11.8 Å². The number of carbonyl (C=O) groups is 4. The van der Waals surface area contributed by atoms with Gasteiger partial charge in [0.2, 0.25) is 0 Å². The minimum Gasteiger partial charge on any atom is -0.462 e. The van der Waals surface area contributed by atoms with Gasteiger partial charge in [-0.1, -0.05) is 0 Å². The third kappa shape index (κ3) is 4.02. The van der Waals surface area contributed by atoms with Gasteiger partial charge in [0.05, 0.1) is 17.0 Å². The van der Waals surface area contributed by atoms with Crippen molar-refractivity contribution in [3.05, 3.63) is 16.0 Å². The van der Waals surface area contributed by atoms with Crippen LogP contribution in [-0.2, 0) is 23.8 Å². The van der Waals surface area contributed by atoms with Crippen LogP contribution in [0.1, 0.15) is 45.4 Å². The Balaban J connectivity index is 2.11. The Kier molecular flexibility index (Phi) is 5.98. The fourth-order valence-corrected chi connectivity index (χ4v) is 3.38. The van der Waals surface area contributed by atoms with Crippen molar-refractivity contribution < 1.29 is 33.4 Å². The number of carbonyl (C=O) groups excluding carboxylic acids is 4. The van der Waals surface area contributed by atoms with Gasteiger partial charge >= 0.3 is 11.9 Å². The summed E-state index contributed by atoms with van der Waals surface area (Å²) in [6.07, 6.45) is 1.09. The highest BCUT2D eigenvalue weighted by molar-refractivity contribution is 7.18. The largest absolute Gasteiger partial charge is 0.462 e. The summed E-state index contributed by atoms with van der Waals surface area (Å²) in [7, 11) is 1.40. The Hall–Kier alpha value is -2.46. The van der Waals surface area contributed by atoms with Crippen LogP contribution < -0.4 is 11.1 Å². The molecule has 0 bridgehead atoms. The van der Waals surface area contributed by atoms with Crippen LogP contribution in [0.15, 0.2) is 0 Å². The number of esters is 2. The molecule has 0 radical (unpaired) electrons. The Labute approximate surface area is 153 Å². The Morgan fingerprint density at radius 3 is 2.38 bits per heavy atom. The van der Waals surface area contributed by atoms with Crippen LogP contribution >= 0.6 is 11.3 Å². The Morgan fingerprint density at radius 1 is 1.23 bits per heavy atom. The van der Waals surface area contributed by atoms with Crippen LogP contribution in [0.2, 0.25) is 0 Å². The number of methoxy groups -OCH3 is 1. The molecular formula is C16H20N2O7S. The molecule has 1 aromatic rings. The van der Waals surface area contributed by atoms with Crippen molar-refractivity contribution in [3.63, 3.8) is 0 Å². The molecular weight excluding hydrogens is 364 g/mol. The fraction of sp³-hybridized carbons (Fsp3) is 0.500. The topological polar surface area (TPSA) is 134 Å². The molecule has 1 aromatic heterocycles. The monoisotopic (exact) mass is 384 g/mol. The van der Waals surface area contributed by atoms with Crippen LogP contribution in [0, 0.1) is 6.92 Å². The molecule has 142 valence electrons. The van der Waals surface area contributed by atoms with E-state index in [9.17, 15) is 19.2 Å². The van der Waals surface area contributed by atoms with E-state index in [0.29, 0.717) is 18.4 Å². The van der Waals surface area contributed by atoms with Gasteiger partial charge in [-0.3, -0.25) is 9.59 Å². The van der Waals surface area contributed by atoms with E-state index < -0.39 is 36.0 Å². The number of nitrogens with one attached hydrogen (secondary N) is 1. The summed E-state index contributed by atoms with van der Waals surface area (Å²) in [5, 5.41) is 2.58. The number of nitrogens with two attached hydrogens (primary N) is 1. The van der Waals surface area contributed by atoms with Crippen molar-refractivity contribution in [1.82, 2.24) is 0 Å². The molecule has 0 atom stereocenters. The molecule has 26 heavy (non-hydrogen) atoms. The molecule has 2 rings (SSSR count). The van der Waals surface area contributed by atoms with Crippen LogP contribution in [0.4, 0.5) is 5.00 Å². The SMILES string of the molecule is CCOC(=O)c1c(NC(=O)COC(=O)C2(OC)CC2)sc(C(N)=O)c1C. The van der Waals surface area contributed by atoms with Crippen molar-refractivity contribution in [2.75, 3.05) is 25.6 Å². The molecule has 10 heteroatoms. The van der Waals surface area contributed by atoms with Crippen molar-refractivity contribution in [1.29, 1.82) is 0 Å². The van der Waals surface area contributed by atoms with Crippen LogP contribution in [0.25, 0.3) is 0 Å². The number of amides is 2. The van der Waals surface area contributed by atoms with E-state index in [2.05, 4.69) is 5.32 Å². The summed E-state index contributed by atoms with van der Waals surface area (Å²) in [5.41, 5.74) is 4.72. The van der Waals surface area contributed by atoms with E-state index in [1.54, 1.807) is 6.92 Å². The first-order valence-electron chi connectivity index (χ1n) is 7.88. The second-order valence-electron chi connectivity index (χ2n) is 5.67. The fourth-order valence-electron chi connectivity index (χ4n) is 2.32. The quantitative estimate of drug-likeness (QED) is 0.638. The van der Waals surface area contributed by atoms with E-state index >= 15 is 0 Å². The van der Waals surface area contributed by atoms with Gasteiger partial charge in [-0.25, -0.2) is 9.59 Å². The lowest BCUT2D eigenvalue weighted by Crippen LogP contribution is -2.30. The lowest BCUT2D eigenvalue weighted by molar-refractivity contribution is -0.160. The standard InChI is InChI=1S/C16H20N2O7S/c1-4-24-14(21)10-8(2)11(12(17)20)26-13(10)18-9(19)7-25-15(22)16(23-3)5-6-16/h4-7H2,1-3H3,(H2,17,20)(H,18,19). The van der Waals surface area contributed by atoms with E-state index in [1.165, 1.54) is 14.0 Å². The number of anilines is 1. The number of hydrogen-bond acceptors (Lipinski definition) is 8. The van der Waals surface area contributed by atoms with Crippen molar-refractivity contribution in [3.8, 4) is 0 Å². The maximum Gasteiger partial charge on any atom is 0.341 e. The first kappa shape index (κ1) is 19.9. The Morgan fingerprint density at radius 2 is 1.88 bits per heavy atom. The molecule has 1 fully saturated rings. The van der Waals surface area contributed by atoms with Crippen LogP contribution in [0.5, 0.6) is 0 Å². The number of rotatable bonds is 8. The zero-order valence-electron chi connectivity index (χ0n) is 14.7. The summed E-state index contributed by atoms with van der Waals surface area (Å²) in [6, 6.07) is 0. The summed E-state index contributed by atoms with van der Waals surface area (Å²) in [4.78, 5) is 47.7. The van der Waals surface area contributed by atoms with Crippen molar-refractivity contribution >= 4 is 40.1 Å². The Bertz CT molecular complexity index is 752. The maximum atomic E-state index is 12.1.